The van der Waals surface area contributed by atoms with E-state index in [0.29, 0.717) is 12.0 Å². The number of hydrogen-bond donors (Lipinski definition) is 2. The van der Waals surface area contributed by atoms with E-state index in [9.17, 15) is 0 Å². The molecule has 0 aromatic carbocycles. The van der Waals surface area contributed by atoms with Crippen molar-refractivity contribution in [3.8, 4) is 0 Å². The zero-order chi connectivity index (χ0) is 9.80. The van der Waals surface area contributed by atoms with Crippen molar-refractivity contribution in [1.29, 1.82) is 0 Å². The van der Waals surface area contributed by atoms with Gasteiger partial charge in [0.05, 0.1) is 0 Å². The van der Waals surface area contributed by atoms with E-state index < -0.39 is 0 Å². The van der Waals surface area contributed by atoms with Crippen molar-refractivity contribution in [3.05, 3.63) is 18.0 Å². The molecule has 1 aliphatic rings. The zero-order valence-corrected chi connectivity index (χ0v) is 8.24. The van der Waals surface area contributed by atoms with Gasteiger partial charge in [0, 0.05) is 30.5 Å². The standard InChI is InChI=1S/C10H16N4/c11-10-13-6-8(7-14-10)5-12-9-3-1-2-4-9/h6-7,9,12H,1-5H2,(H2,11,13,14). The van der Waals surface area contributed by atoms with Gasteiger partial charge in [-0.05, 0) is 12.8 Å². The highest BCUT2D eigenvalue weighted by Gasteiger charge is 2.13. The van der Waals surface area contributed by atoms with Crippen LogP contribution < -0.4 is 11.1 Å². The minimum atomic E-state index is 0.342. The van der Waals surface area contributed by atoms with Gasteiger partial charge in [0.15, 0.2) is 0 Å². The predicted octanol–water partition coefficient (Wildman–Crippen LogP) is 1.09. The lowest BCUT2D eigenvalue weighted by Gasteiger charge is -2.10. The fourth-order valence-electron chi connectivity index (χ4n) is 1.85. The molecule has 0 bridgehead atoms. The summed E-state index contributed by atoms with van der Waals surface area (Å²) in [5.74, 6) is 0.342. The largest absolute Gasteiger partial charge is 0.368 e. The van der Waals surface area contributed by atoms with Crippen LogP contribution in [0, 0.1) is 0 Å². The topological polar surface area (TPSA) is 63.8 Å². The number of rotatable bonds is 3. The van der Waals surface area contributed by atoms with E-state index in [4.69, 9.17) is 5.73 Å². The van der Waals surface area contributed by atoms with Crippen molar-refractivity contribution in [2.24, 2.45) is 0 Å². The molecule has 0 amide bonds. The number of aromatic nitrogens is 2. The maximum atomic E-state index is 5.40. The molecular formula is C10H16N4. The number of nitrogen functional groups attached to an aromatic ring is 1. The quantitative estimate of drug-likeness (QED) is 0.752. The van der Waals surface area contributed by atoms with Crippen molar-refractivity contribution >= 4 is 5.95 Å². The van der Waals surface area contributed by atoms with Crippen molar-refractivity contribution < 1.29 is 0 Å². The lowest BCUT2D eigenvalue weighted by atomic mass is 10.2. The summed E-state index contributed by atoms with van der Waals surface area (Å²) in [5, 5.41) is 3.50. The molecule has 1 fully saturated rings. The van der Waals surface area contributed by atoms with Gasteiger partial charge in [-0.25, -0.2) is 9.97 Å². The van der Waals surface area contributed by atoms with Crippen LogP contribution in [-0.2, 0) is 6.54 Å². The lowest BCUT2D eigenvalue weighted by molar-refractivity contribution is 0.523. The minimum Gasteiger partial charge on any atom is -0.368 e. The molecule has 14 heavy (non-hydrogen) atoms. The van der Waals surface area contributed by atoms with E-state index >= 15 is 0 Å². The Morgan fingerprint density at radius 1 is 1.29 bits per heavy atom. The van der Waals surface area contributed by atoms with Gasteiger partial charge in [0.2, 0.25) is 5.95 Å². The Balaban J connectivity index is 1.82. The van der Waals surface area contributed by atoms with Gasteiger partial charge in [-0.15, -0.1) is 0 Å². The van der Waals surface area contributed by atoms with Crippen LogP contribution in [0.15, 0.2) is 12.4 Å². The van der Waals surface area contributed by atoms with Gasteiger partial charge in [0.25, 0.3) is 0 Å². The summed E-state index contributed by atoms with van der Waals surface area (Å²) in [7, 11) is 0. The third kappa shape index (κ3) is 2.42. The fourth-order valence-corrected chi connectivity index (χ4v) is 1.85. The molecular weight excluding hydrogens is 176 g/mol. The first kappa shape index (κ1) is 9.40. The second kappa shape index (κ2) is 4.37. The fraction of sp³-hybridized carbons (Fsp3) is 0.600. The summed E-state index contributed by atoms with van der Waals surface area (Å²) >= 11 is 0. The Labute approximate surface area is 83.9 Å². The molecule has 4 heteroatoms. The van der Waals surface area contributed by atoms with E-state index in [2.05, 4.69) is 15.3 Å². The first-order valence-corrected chi connectivity index (χ1v) is 5.14. The molecule has 1 heterocycles. The maximum Gasteiger partial charge on any atom is 0.219 e. The molecule has 0 spiro atoms. The second-order valence-corrected chi connectivity index (χ2v) is 3.81. The molecule has 0 unspecified atom stereocenters. The average molecular weight is 192 g/mol. The van der Waals surface area contributed by atoms with Gasteiger partial charge in [0.1, 0.15) is 0 Å². The van der Waals surface area contributed by atoms with Gasteiger partial charge in [-0.1, -0.05) is 12.8 Å². The third-order valence-electron chi connectivity index (χ3n) is 2.68. The highest BCUT2D eigenvalue weighted by atomic mass is 15.0. The van der Waals surface area contributed by atoms with Crippen molar-refractivity contribution in [3.63, 3.8) is 0 Å². The Bertz CT molecular complexity index is 277. The van der Waals surface area contributed by atoms with Crippen LogP contribution in [0.4, 0.5) is 5.95 Å². The lowest BCUT2D eigenvalue weighted by Crippen LogP contribution is -2.25. The molecule has 1 aromatic heterocycles. The monoisotopic (exact) mass is 192 g/mol. The number of hydrogen-bond acceptors (Lipinski definition) is 4. The molecule has 4 nitrogen and oxygen atoms in total. The third-order valence-corrected chi connectivity index (χ3v) is 2.68. The van der Waals surface area contributed by atoms with Crippen LogP contribution in [0.3, 0.4) is 0 Å². The minimum absolute atomic E-state index is 0.342. The van der Waals surface area contributed by atoms with Crippen molar-refractivity contribution in [1.82, 2.24) is 15.3 Å². The maximum absolute atomic E-state index is 5.40. The summed E-state index contributed by atoms with van der Waals surface area (Å²) in [5.41, 5.74) is 6.51. The van der Waals surface area contributed by atoms with Crippen LogP contribution in [0.2, 0.25) is 0 Å². The second-order valence-electron chi connectivity index (χ2n) is 3.81. The van der Waals surface area contributed by atoms with Crippen LogP contribution in [-0.4, -0.2) is 16.0 Å². The summed E-state index contributed by atoms with van der Waals surface area (Å²) in [6, 6.07) is 0.688. The Hall–Kier alpha value is -1.16. The van der Waals surface area contributed by atoms with Gasteiger partial charge < -0.3 is 11.1 Å². The number of nitrogens with two attached hydrogens (primary N) is 1. The van der Waals surface area contributed by atoms with Gasteiger partial charge >= 0.3 is 0 Å². The van der Waals surface area contributed by atoms with Crippen LogP contribution in [0.5, 0.6) is 0 Å². The normalized spacial score (nSPS) is 17.4. The molecule has 3 N–H and O–H groups in total. The first-order valence-electron chi connectivity index (χ1n) is 5.14. The van der Waals surface area contributed by atoms with Crippen molar-refractivity contribution in [2.45, 2.75) is 38.3 Å². The first-order chi connectivity index (χ1) is 6.84. The van der Waals surface area contributed by atoms with E-state index in [-0.39, 0.29) is 0 Å². The number of anilines is 1. The molecule has 1 aliphatic carbocycles. The van der Waals surface area contributed by atoms with E-state index in [0.717, 1.165) is 12.1 Å². The highest BCUT2D eigenvalue weighted by molar-refractivity contribution is 5.16. The van der Waals surface area contributed by atoms with E-state index in [1.165, 1.54) is 25.7 Å². The summed E-state index contributed by atoms with van der Waals surface area (Å²) < 4.78 is 0. The van der Waals surface area contributed by atoms with Crippen molar-refractivity contribution in [2.75, 3.05) is 5.73 Å². The smallest absolute Gasteiger partial charge is 0.219 e. The van der Waals surface area contributed by atoms with Crippen LogP contribution in [0.25, 0.3) is 0 Å². The van der Waals surface area contributed by atoms with Gasteiger partial charge in [-0.2, -0.15) is 0 Å². The predicted molar refractivity (Wildman–Crippen MR) is 55.5 cm³/mol. The van der Waals surface area contributed by atoms with Crippen LogP contribution in [0.1, 0.15) is 31.2 Å². The summed E-state index contributed by atoms with van der Waals surface area (Å²) in [6.07, 6.45) is 8.88. The Morgan fingerprint density at radius 2 is 1.93 bits per heavy atom. The van der Waals surface area contributed by atoms with E-state index in [1.807, 2.05) is 0 Å². The van der Waals surface area contributed by atoms with Crippen LogP contribution >= 0.6 is 0 Å². The Kier molecular flexibility index (Phi) is 2.93. The molecule has 76 valence electrons. The summed E-state index contributed by atoms with van der Waals surface area (Å²) in [6.45, 7) is 0.852. The molecule has 0 saturated heterocycles. The molecule has 0 atom stereocenters. The molecule has 1 aromatic rings. The molecule has 0 aliphatic heterocycles. The SMILES string of the molecule is Nc1ncc(CNC2CCCC2)cn1. The summed E-state index contributed by atoms with van der Waals surface area (Å²) in [4.78, 5) is 7.90. The molecule has 1 saturated carbocycles. The van der Waals surface area contributed by atoms with E-state index in [1.54, 1.807) is 12.4 Å². The number of nitrogens with one attached hydrogen (secondary N) is 1. The zero-order valence-electron chi connectivity index (χ0n) is 8.24. The van der Waals surface area contributed by atoms with Gasteiger partial charge in [-0.3, -0.25) is 0 Å². The highest BCUT2D eigenvalue weighted by Crippen LogP contribution is 2.17. The average Bonchev–Trinajstić information content (AvgIpc) is 2.70. The number of nitrogens with zero attached hydrogens (tertiary/aromatic N) is 2. The Morgan fingerprint density at radius 3 is 2.57 bits per heavy atom. The molecule has 2 rings (SSSR count). The molecule has 0 radical (unpaired) electrons.